The van der Waals surface area contributed by atoms with E-state index in [1.807, 2.05) is 31.2 Å². The highest BCUT2D eigenvalue weighted by atomic mass is 19.1. The maximum absolute atomic E-state index is 14.8. The van der Waals surface area contributed by atoms with Crippen molar-refractivity contribution in [2.45, 2.75) is 24.9 Å². The second kappa shape index (κ2) is 5.27. The lowest BCUT2D eigenvalue weighted by Gasteiger charge is -2.61. The van der Waals surface area contributed by atoms with Crippen LogP contribution >= 0.6 is 0 Å². The van der Waals surface area contributed by atoms with Gasteiger partial charge >= 0.3 is 6.03 Å². The summed E-state index contributed by atoms with van der Waals surface area (Å²) in [6.07, 6.45) is 2.44. The summed E-state index contributed by atoms with van der Waals surface area (Å²) >= 11 is 0. The Bertz CT molecular complexity index is 806. The summed E-state index contributed by atoms with van der Waals surface area (Å²) in [4.78, 5) is 17.9. The van der Waals surface area contributed by atoms with Gasteiger partial charge in [0.15, 0.2) is 0 Å². The number of urea groups is 1. The van der Waals surface area contributed by atoms with E-state index < -0.39 is 11.6 Å². The van der Waals surface area contributed by atoms with Gasteiger partial charge in [0.05, 0.1) is 11.2 Å². The first-order chi connectivity index (χ1) is 11.5. The first-order valence-electron chi connectivity index (χ1n) is 8.04. The monoisotopic (exact) mass is 326 g/mol. The Hall–Kier alpha value is -2.47. The van der Waals surface area contributed by atoms with Crippen molar-refractivity contribution >= 4 is 6.03 Å². The molecule has 0 radical (unpaired) electrons. The summed E-state index contributed by atoms with van der Waals surface area (Å²) in [7, 11) is 0. The normalized spacial score (nSPS) is 25.2. The third kappa shape index (κ3) is 2.03. The van der Waals surface area contributed by atoms with E-state index >= 15 is 0 Å². The van der Waals surface area contributed by atoms with E-state index in [-0.39, 0.29) is 11.9 Å². The van der Waals surface area contributed by atoms with Gasteiger partial charge < -0.3 is 16.0 Å². The number of aromatic nitrogens is 1. The lowest BCUT2D eigenvalue weighted by molar-refractivity contribution is -0.0642. The van der Waals surface area contributed by atoms with E-state index in [4.69, 9.17) is 5.73 Å². The average Bonchev–Trinajstić information content (AvgIpc) is 2.55. The minimum Gasteiger partial charge on any atom is -0.351 e. The van der Waals surface area contributed by atoms with Crippen LogP contribution in [0.2, 0.25) is 0 Å². The third-order valence-electron chi connectivity index (χ3n) is 5.19. The second-order valence-corrected chi connectivity index (χ2v) is 6.59. The molecule has 0 spiro atoms. The molecule has 2 atom stereocenters. The summed E-state index contributed by atoms with van der Waals surface area (Å²) < 4.78 is 14.8. The number of nitrogens with one attached hydrogen (secondary N) is 1. The van der Waals surface area contributed by atoms with E-state index in [1.165, 1.54) is 6.07 Å². The molecule has 3 saturated heterocycles. The predicted molar refractivity (Wildman–Crippen MR) is 88.7 cm³/mol. The zero-order chi connectivity index (χ0) is 16.9. The molecule has 2 aromatic rings. The number of carbonyl (C=O) groups is 1. The quantitative estimate of drug-likeness (QED) is 0.888. The Morgan fingerprint density at radius 3 is 2.96 bits per heavy atom. The van der Waals surface area contributed by atoms with Crippen LogP contribution in [0, 0.1) is 12.7 Å². The van der Waals surface area contributed by atoms with E-state index in [1.54, 1.807) is 11.1 Å². The highest BCUT2D eigenvalue weighted by molar-refractivity contribution is 5.76. The zero-order valence-corrected chi connectivity index (χ0v) is 13.4. The van der Waals surface area contributed by atoms with Crippen LogP contribution in [0.15, 0.2) is 36.5 Å². The van der Waals surface area contributed by atoms with E-state index in [9.17, 15) is 9.18 Å². The van der Waals surface area contributed by atoms with Crippen LogP contribution in [0.4, 0.5) is 9.18 Å². The molecule has 1 aromatic heterocycles. The molecule has 4 heterocycles. The average molecular weight is 326 g/mol. The number of hydrogen-bond acceptors (Lipinski definition) is 3. The SMILES string of the molecule is Cc1cc(F)c(C23CNCC(C2)N3C(N)=O)cc1-c1ccccn1. The Morgan fingerprint density at radius 1 is 1.46 bits per heavy atom. The van der Waals surface area contributed by atoms with Crippen molar-refractivity contribution in [3.8, 4) is 11.3 Å². The first-order valence-corrected chi connectivity index (χ1v) is 8.04. The number of primary amides is 1. The van der Waals surface area contributed by atoms with Gasteiger partial charge in [-0.2, -0.15) is 0 Å². The van der Waals surface area contributed by atoms with E-state index in [0.717, 1.165) is 23.2 Å². The molecule has 1 aromatic carbocycles. The summed E-state index contributed by atoms with van der Waals surface area (Å²) in [6.45, 7) is 3.07. The van der Waals surface area contributed by atoms with Gasteiger partial charge in [0.25, 0.3) is 0 Å². The number of fused-ring (bicyclic) bond motifs is 2. The van der Waals surface area contributed by atoms with Crippen molar-refractivity contribution in [3.05, 3.63) is 53.5 Å². The van der Waals surface area contributed by atoms with E-state index in [0.29, 0.717) is 18.7 Å². The Labute approximate surface area is 139 Å². The molecule has 0 saturated carbocycles. The standard InChI is InChI=1S/C18H19FN4O/c1-11-6-15(19)14(7-13(11)16-4-2-3-5-22-16)18-8-12(9-21-10-18)23(18)17(20)24/h2-7,12,21H,8-10H2,1H3,(H2,20,24). The number of benzene rings is 1. The number of rotatable bonds is 2. The second-order valence-electron chi connectivity index (χ2n) is 6.59. The molecule has 3 aliphatic rings. The number of carbonyl (C=O) groups excluding carboxylic acids is 1. The molecule has 2 amide bonds. The van der Waals surface area contributed by atoms with Crippen molar-refractivity contribution in [2.75, 3.05) is 13.1 Å². The molecule has 124 valence electrons. The number of halogens is 1. The largest absolute Gasteiger partial charge is 0.351 e. The molecule has 2 bridgehead atoms. The van der Waals surface area contributed by atoms with Crippen LogP contribution in [-0.4, -0.2) is 35.0 Å². The molecular formula is C18H19FN4O. The number of nitrogens with zero attached hydrogens (tertiary/aromatic N) is 2. The van der Waals surface area contributed by atoms with Crippen LogP contribution in [0.3, 0.4) is 0 Å². The lowest BCUT2D eigenvalue weighted by atomic mass is 9.70. The molecule has 5 rings (SSSR count). The van der Waals surface area contributed by atoms with Crippen molar-refractivity contribution in [1.29, 1.82) is 0 Å². The highest BCUT2D eigenvalue weighted by Crippen LogP contribution is 2.48. The van der Waals surface area contributed by atoms with Crippen LogP contribution in [-0.2, 0) is 5.54 Å². The Morgan fingerprint density at radius 2 is 2.29 bits per heavy atom. The summed E-state index contributed by atoms with van der Waals surface area (Å²) in [6, 6.07) is 8.54. The fourth-order valence-electron chi connectivity index (χ4n) is 4.14. The number of piperidine rings is 1. The van der Waals surface area contributed by atoms with Crippen molar-refractivity contribution in [3.63, 3.8) is 0 Å². The van der Waals surface area contributed by atoms with Gasteiger partial charge in [0.1, 0.15) is 5.82 Å². The minimum atomic E-state index is -0.698. The number of hydrogen-bond donors (Lipinski definition) is 2. The molecule has 6 heteroatoms. The van der Waals surface area contributed by atoms with Crippen molar-refractivity contribution in [1.82, 2.24) is 15.2 Å². The summed E-state index contributed by atoms with van der Waals surface area (Å²) in [5.41, 5.74) is 7.86. The van der Waals surface area contributed by atoms with Crippen LogP contribution in [0.1, 0.15) is 17.5 Å². The number of amides is 2. The van der Waals surface area contributed by atoms with Crippen molar-refractivity contribution < 1.29 is 9.18 Å². The van der Waals surface area contributed by atoms with Crippen LogP contribution in [0.5, 0.6) is 0 Å². The summed E-state index contributed by atoms with van der Waals surface area (Å²) in [5.74, 6) is -0.305. The molecule has 3 aliphatic heterocycles. The highest BCUT2D eigenvalue weighted by Gasteiger charge is 2.58. The molecule has 2 unspecified atom stereocenters. The molecule has 3 fully saturated rings. The third-order valence-corrected chi connectivity index (χ3v) is 5.19. The van der Waals surface area contributed by atoms with Gasteiger partial charge in [0, 0.05) is 36.5 Å². The Balaban J connectivity index is 1.85. The summed E-state index contributed by atoms with van der Waals surface area (Å²) in [5, 5.41) is 3.28. The van der Waals surface area contributed by atoms with E-state index in [2.05, 4.69) is 10.3 Å². The van der Waals surface area contributed by atoms with Gasteiger partial charge in [-0.05, 0) is 43.2 Å². The van der Waals surface area contributed by atoms with Gasteiger partial charge in [-0.1, -0.05) is 6.07 Å². The number of aryl methyl sites for hydroxylation is 1. The van der Waals surface area contributed by atoms with Gasteiger partial charge in [-0.3, -0.25) is 4.98 Å². The first kappa shape index (κ1) is 15.1. The number of piperazine rings is 1. The molecular weight excluding hydrogens is 307 g/mol. The van der Waals surface area contributed by atoms with Crippen LogP contribution in [0.25, 0.3) is 11.3 Å². The Kier molecular flexibility index (Phi) is 3.31. The topological polar surface area (TPSA) is 71.2 Å². The molecule has 3 N–H and O–H groups in total. The van der Waals surface area contributed by atoms with Gasteiger partial charge in [-0.25, -0.2) is 9.18 Å². The predicted octanol–water partition coefficient (Wildman–Crippen LogP) is 2.15. The van der Waals surface area contributed by atoms with Gasteiger partial charge in [0.2, 0.25) is 0 Å². The lowest BCUT2D eigenvalue weighted by Crippen LogP contribution is -2.76. The van der Waals surface area contributed by atoms with Gasteiger partial charge in [-0.15, -0.1) is 0 Å². The fourth-order valence-corrected chi connectivity index (χ4v) is 4.14. The van der Waals surface area contributed by atoms with Crippen LogP contribution < -0.4 is 11.1 Å². The zero-order valence-electron chi connectivity index (χ0n) is 13.4. The van der Waals surface area contributed by atoms with Crippen molar-refractivity contribution in [2.24, 2.45) is 5.73 Å². The molecule has 5 nitrogen and oxygen atoms in total. The maximum Gasteiger partial charge on any atom is 0.315 e. The molecule has 0 aliphatic carbocycles. The molecule has 24 heavy (non-hydrogen) atoms. The maximum atomic E-state index is 14.8. The fraction of sp³-hybridized carbons (Fsp3) is 0.333. The number of pyridine rings is 1. The number of nitrogens with two attached hydrogens (primary N) is 1. The minimum absolute atomic E-state index is 0.0373. The smallest absolute Gasteiger partial charge is 0.315 e.